The number of carbonyl (C=O) groups is 1. The predicted octanol–water partition coefficient (Wildman–Crippen LogP) is 2.30. The van der Waals surface area contributed by atoms with Crippen molar-refractivity contribution in [2.45, 2.75) is 31.9 Å². The number of ether oxygens (including phenoxy) is 1. The molecular weight excluding hydrogens is 266 g/mol. The van der Waals surface area contributed by atoms with Crippen LogP contribution in [0.4, 0.5) is 0 Å². The number of aliphatic hydroxyl groups is 1. The molecule has 4 nitrogen and oxygen atoms in total. The van der Waals surface area contributed by atoms with Crippen molar-refractivity contribution in [2.24, 2.45) is 0 Å². The molecule has 0 saturated carbocycles. The van der Waals surface area contributed by atoms with Crippen molar-refractivity contribution in [1.82, 2.24) is 4.90 Å². The zero-order valence-electron chi connectivity index (χ0n) is 12.9. The molecule has 0 spiro atoms. The Kier molecular flexibility index (Phi) is 4.80. The Morgan fingerprint density at radius 3 is 2.76 bits per heavy atom. The molecule has 1 saturated heterocycles. The van der Waals surface area contributed by atoms with Crippen LogP contribution < -0.4 is 0 Å². The molecule has 0 bridgehead atoms. The first-order valence-corrected chi connectivity index (χ1v) is 7.29. The molecule has 2 rings (SSSR count). The van der Waals surface area contributed by atoms with Crippen LogP contribution in [0.3, 0.4) is 0 Å². The minimum absolute atomic E-state index is 0.159. The van der Waals surface area contributed by atoms with E-state index in [4.69, 9.17) is 4.74 Å². The van der Waals surface area contributed by atoms with Crippen LogP contribution in [0.1, 0.15) is 31.9 Å². The van der Waals surface area contributed by atoms with Gasteiger partial charge in [0, 0.05) is 18.7 Å². The van der Waals surface area contributed by atoms with E-state index in [0.717, 1.165) is 5.57 Å². The number of piperidine rings is 1. The Morgan fingerprint density at radius 2 is 2.14 bits per heavy atom. The van der Waals surface area contributed by atoms with E-state index in [1.807, 2.05) is 25.2 Å². The van der Waals surface area contributed by atoms with Crippen LogP contribution in [0.5, 0.6) is 0 Å². The molecule has 1 aliphatic rings. The average molecular weight is 289 g/mol. The molecule has 1 aromatic rings. The quantitative estimate of drug-likeness (QED) is 0.685. The summed E-state index contributed by atoms with van der Waals surface area (Å²) in [6, 6.07) is 10.3. The van der Waals surface area contributed by atoms with E-state index in [1.54, 1.807) is 13.8 Å². The van der Waals surface area contributed by atoms with Crippen LogP contribution >= 0.6 is 0 Å². The summed E-state index contributed by atoms with van der Waals surface area (Å²) in [5.41, 5.74) is 0.908. The van der Waals surface area contributed by atoms with Crippen LogP contribution in [-0.4, -0.2) is 41.8 Å². The van der Waals surface area contributed by atoms with Crippen molar-refractivity contribution >= 4 is 5.97 Å². The van der Waals surface area contributed by atoms with Crippen molar-refractivity contribution < 1.29 is 14.6 Å². The Morgan fingerprint density at radius 1 is 1.48 bits per heavy atom. The second-order valence-corrected chi connectivity index (χ2v) is 5.74. The van der Waals surface area contributed by atoms with E-state index in [2.05, 4.69) is 17.0 Å². The fraction of sp³-hybridized carbons (Fsp3) is 0.471. The van der Waals surface area contributed by atoms with Crippen molar-refractivity contribution in [3.8, 4) is 0 Å². The van der Waals surface area contributed by atoms with Crippen molar-refractivity contribution in [3.05, 3.63) is 47.5 Å². The van der Waals surface area contributed by atoms with Gasteiger partial charge < -0.3 is 9.84 Å². The molecule has 0 radical (unpaired) electrons. The first kappa shape index (κ1) is 15.7. The lowest BCUT2D eigenvalue weighted by atomic mass is 9.82. The normalized spacial score (nSPS) is 28.6. The Bertz CT molecular complexity index is 522. The maximum absolute atomic E-state index is 11.7. The minimum atomic E-state index is -1.01. The maximum Gasteiger partial charge on any atom is 0.330 e. The Labute approximate surface area is 126 Å². The number of esters is 1. The number of likely N-dealkylation sites (N-methyl/N-ethyl adjacent to an activating group) is 1. The highest BCUT2D eigenvalue weighted by atomic mass is 16.5. The summed E-state index contributed by atoms with van der Waals surface area (Å²) in [4.78, 5) is 13.8. The van der Waals surface area contributed by atoms with Crippen molar-refractivity contribution in [2.75, 3.05) is 20.2 Å². The van der Waals surface area contributed by atoms with Gasteiger partial charge in [-0.1, -0.05) is 30.3 Å². The van der Waals surface area contributed by atoms with Gasteiger partial charge in [-0.25, -0.2) is 4.79 Å². The van der Waals surface area contributed by atoms with Crippen LogP contribution in [0.25, 0.3) is 0 Å². The lowest BCUT2D eigenvalue weighted by Gasteiger charge is -2.42. The highest BCUT2D eigenvalue weighted by Gasteiger charge is 2.37. The second-order valence-electron chi connectivity index (χ2n) is 5.74. The third-order valence-electron chi connectivity index (χ3n) is 3.96. The van der Waals surface area contributed by atoms with Gasteiger partial charge in [0.2, 0.25) is 0 Å². The summed E-state index contributed by atoms with van der Waals surface area (Å²) in [6.07, 6.45) is 2.07. The predicted molar refractivity (Wildman–Crippen MR) is 81.8 cm³/mol. The monoisotopic (exact) mass is 289 g/mol. The third-order valence-corrected chi connectivity index (χ3v) is 3.96. The molecule has 0 aliphatic carbocycles. The maximum atomic E-state index is 11.7. The van der Waals surface area contributed by atoms with Gasteiger partial charge in [-0.05, 0) is 38.5 Å². The Balaban J connectivity index is 2.26. The van der Waals surface area contributed by atoms with E-state index < -0.39 is 5.60 Å². The molecule has 0 amide bonds. The number of benzene rings is 1. The molecule has 1 aliphatic heterocycles. The second kappa shape index (κ2) is 6.41. The highest BCUT2D eigenvalue weighted by molar-refractivity contribution is 5.83. The number of rotatable bonds is 3. The zero-order valence-corrected chi connectivity index (χ0v) is 12.9. The first-order chi connectivity index (χ1) is 9.94. The van der Waals surface area contributed by atoms with E-state index in [0.29, 0.717) is 19.6 Å². The molecule has 114 valence electrons. The van der Waals surface area contributed by atoms with Gasteiger partial charge in [0.15, 0.2) is 0 Å². The number of hydrogen-bond donors (Lipinski definition) is 1. The molecule has 2 atom stereocenters. The summed E-state index contributed by atoms with van der Waals surface area (Å²) in [5, 5.41) is 10.6. The lowest BCUT2D eigenvalue weighted by molar-refractivity contribution is -0.137. The van der Waals surface area contributed by atoms with E-state index in [-0.39, 0.29) is 12.0 Å². The molecule has 1 heterocycles. The highest BCUT2D eigenvalue weighted by Crippen LogP contribution is 2.37. The Hall–Kier alpha value is -1.65. The standard InChI is InChI=1S/C17H23NO3/c1-4-21-16(19)11-14-10-15(13-8-6-5-7-9-13)18(3)12-17(14,2)20/h5-9,11,15,20H,4,10,12H2,1-3H3/b14-11-/t15-,17-/m1/s1. The van der Waals surface area contributed by atoms with Crippen LogP contribution in [0.15, 0.2) is 42.0 Å². The first-order valence-electron chi connectivity index (χ1n) is 7.29. The molecule has 0 aromatic heterocycles. The molecule has 1 fully saturated rings. The van der Waals surface area contributed by atoms with Crippen molar-refractivity contribution in [1.29, 1.82) is 0 Å². The largest absolute Gasteiger partial charge is 0.463 e. The van der Waals surface area contributed by atoms with Crippen LogP contribution in [0.2, 0.25) is 0 Å². The summed E-state index contributed by atoms with van der Waals surface area (Å²) >= 11 is 0. The van der Waals surface area contributed by atoms with Gasteiger partial charge in [-0.3, -0.25) is 4.90 Å². The number of carbonyl (C=O) groups excluding carboxylic acids is 1. The van der Waals surface area contributed by atoms with Gasteiger partial charge in [0.1, 0.15) is 0 Å². The molecule has 21 heavy (non-hydrogen) atoms. The topological polar surface area (TPSA) is 49.8 Å². The van der Waals surface area contributed by atoms with E-state index >= 15 is 0 Å². The van der Waals surface area contributed by atoms with Gasteiger partial charge in [-0.15, -0.1) is 0 Å². The number of likely N-dealkylation sites (tertiary alicyclic amines) is 1. The van der Waals surface area contributed by atoms with E-state index in [9.17, 15) is 9.90 Å². The molecule has 1 N–H and O–H groups in total. The number of nitrogens with zero attached hydrogens (tertiary/aromatic N) is 1. The van der Waals surface area contributed by atoms with Crippen LogP contribution in [0, 0.1) is 0 Å². The van der Waals surface area contributed by atoms with Crippen LogP contribution in [-0.2, 0) is 9.53 Å². The van der Waals surface area contributed by atoms with Gasteiger partial charge in [0.25, 0.3) is 0 Å². The summed E-state index contributed by atoms with van der Waals surface area (Å²) in [5.74, 6) is -0.385. The fourth-order valence-electron chi connectivity index (χ4n) is 2.87. The summed E-state index contributed by atoms with van der Waals surface area (Å²) in [7, 11) is 1.99. The zero-order chi connectivity index (χ0) is 15.5. The number of hydrogen-bond acceptors (Lipinski definition) is 4. The van der Waals surface area contributed by atoms with Crippen molar-refractivity contribution in [3.63, 3.8) is 0 Å². The summed E-state index contributed by atoms with van der Waals surface area (Å²) < 4.78 is 4.97. The molecular formula is C17H23NO3. The third kappa shape index (κ3) is 3.71. The molecule has 4 heteroatoms. The molecule has 1 aromatic carbocycles. The SMILES string of the molecule is CCOC(=O)/C=C1/C[C@H](c2ccccc2)N(C)C[C@@]1(C)O. The lowest BCUT2D eigenvalue weighted by Crippen LogP contribution is -2.47. The molecule has 0 unspecified atom stereocenters. The minimum Gasteiger partial charge on any atom is -0.463 e. The average Bonchev–Trinajstić information content (AvgIpc) is 2.42. The smallest absolute Gasteiger partial charge is 0.330 e. The fourth-order valence-corrected chi connectivity index (χ4v) is 2.87. The summed E-state index contributed by atoms with van der Waals surface area (Å²) in [6.45, 7) is 4.34. The van der Waals surface area contributed by atoms with Gasteiger partial charge in [-0.2, -0.15) is 0 Å². The van der Waals surface area contributed by atoms with E-state index in [1.165, 1.54) is 11.6 Å². The van der Waals surface area contributed by atoms with Gasteiger partial charge in [0.05, 0.1) is 12.2 Å². The number of β-amino-alcohol motifs (C(OH)–C–C–N with tert-alkyl or cyclic N) is 1. The van der Waals surface area contributed by atoms with Gasteiger partial charge >= 0.3 is 5.97 Å².